The number of aliphatic imine (C=N–C) groups is 1. The highest BCUT2D eigenvalue weighted by atomic mass is 127. The molecule has 0 spiro atoms. The smallest absolute Gasteiger partial charge is 0.234 e. The molecule has 0 aromatic carbocycles. The van der Waals surface area contributed by atoms with Gasteiger partial charge in [0.15, 0.2) is 15.8 Å². The van der Waals surface area contributed by atoms with Crippen LogP contribution in [0.5, 0.6) is 0 Å². The molecule has 0 unspecified atom stereocenters. The minimum atomic E-state index is -3.17. The molecule has 10 heteroatoms. The summed E-state index contributed by atoms with van der Waals surface area (Å²) in [5.74, 6) is 0.912. The van der Waals surface area contributed by atoms with Gasteiger partial charge in [0, 0.05) is 38.8 Å². The minimum absolute atomic E-state index is 0. The number of amides is 1. The van der Waals surface area contributed by atoms with Gasteiger partial charge < -0.3 is 15.5 Å². The number of guanidine groups is 1. The number of hydrogen-bond donors (Lipinski definition) is 2. The van der Waals surface area contributed by atoms with Crippen LogP contribution in [0.1, 0.15) is 40.5 Å². The number of piperazine rings is 1. The second kappa shape index (κ2) is 11.0. The fraction of sp³-hybridized carbons (Fsp3) is 0.889. The van der Waals surface area contributed by atoms with Crippen molar-refractivity contribution in [2.45, 2.75) is 51.3 Å². The molecule has 28 heavy (non-hydrogen) atoms. The van der Waals surface area contributed by atoms with Gasteiger partial charge in [-0.2, -0.15) is 0 Å². The molecule has 2 N–H and O–H groups in total. The number of halogens is 1. The summed E-state index contributed by atoms with van der Waals surface area (Å²) >= 11 is 0. The number of carbonyl (C=O) groups excluding carboxylic acids is 1. The van der Waals surface area contributed by atoms with Crippen LogP contribution in [-0.4, -0.2) is 92.4 Å². The number of nitrogens with zero attached hydrogens (tertiary/aromatic N) is 3. The van der Waals surface area contributed by atoms with Crippen molar-refractivity contribution in [2.24, 2.45) is 4.99 Å². The van der Waals surface area contributed by atoms with Gasteiger partial charge in [-0.15, -0.1) is 24.0 Å². The van der Waals surface area contributed by atoms with Crippen molar-refractivity contribution in [3.63, 3.8) is 0 Å². The third kappa shape index (κ3) is 8.02. The van der Waals surface area contributed by atoms with E-state index in [-0.39, 0.29) is 42.2 Å². The van der Waals surface area contributed by atoms with E-state index in [2.05, 4.69) is 25.4 Å². The SMILES string of the molecule is CCNC(=NCCS(=O)(=O)C(C)(C)C)N1CCN(CC(=O)NC2CC2)CC1.I. The monoisotopic (exact) mass is 529 g/mol. The molecule has 1 aliphatic carbocycles. The first-order valence-corrected chi connectivity index (χ1v) is 11.5. The first kappa shape index (κ1) is 25.4. The van der Waals surface area contributed by atoms with Crippen LogP contribution in [0.15, 0.2) is 4.99 Å². The molecule has 1 saturated carbocycles. The van der Waals surface area contributed by atoms with Crippen LogP contribution < -0.4 is 10.6 Å². The number of sulfone groups is 1. The summed E-state index contributed by atoms with van der Waals surface area (Å²) in [5, 5.41) is 6.27. The predicted octanol–water partition coefficient (Wildman–Crippen LogP) is 0.679. The van der Waals surface area contributed by atoms with E-state index in [1.807, 2.05) is 6.92 Å². The van der Waals surface area contributed by atoms with Crippen molar-refractivity contribution in [3.05, 3.63) is 0 Å². The molecule has 1 heterocycles. The molecular weight excluding hydrogens is 493 g/mol. The van der Waals surface area contributed by atoms with Gasteiger partial charge in [0.2, 0.25) is 5.91 Å². The van der Waals surface area contributed by atoms with E-state index >= 15 is 0 Å². The van der Waals surface area contributed by atoms with E-state index in [9.17, 15) is 13.2 Å². The third-order valence-corrected chi connectivity index (χ3v) is 7.46. The molecule has 2 fully saturated rings. The zero-order chi connectivity index (χ0) is 20.1. The van der Waals surface area contributed by atoms with E-state index in [0.717, 1.165) is 51.5 Å². The highest BCUT2D eigenvalue weighted by Gasteiger charge is 2.29. The summed E-state index contributed by atoms with van der Waals surface area (Å²) in [6, 6.07) is 0.399. The maximum atomic E-state index is 12.2. The predicted molar refractivity (Wildman–Crippen MR) is 124 cm³/mol. The molecule has 164 valence electrons. The number of nitrogens with one attached hydrogen (secondary N) is 2. The largest absolute Gasteiger partial charge is 0.357 e. The quantitative estimate of drug-likeness (QED) is 0.286. The Balaban J connectivity index is 0.00000392. The van der Waals surface area contributed by atoms with Gasteiger partial charge in [-0.1, -0.05) is 0 Å². The van der Waals surface area contributed by atoms with Crippen LogP contribution in [0.2, 0.25) is 0 Å². The van der Waals surface area contributed by atoms with Crippen molar-refractivity contribution in [3.8, 4) is 0 Å². The van der Waals surface area contributed by atoms with Crippen LogP contribution >= 0.6 is 24.0 Å². The second-order valence-corrected chi connectivity index (χ2v) is 11.1. The minimum Gasteiger partial charge on any atom is -0.357 e. The summed E-state index contributed by atoms with van der Waals surface area (Å²) in [7, 11) is -3.17. The maximum Gasteiger partial charge on any atom is 0.234 e. The Morgan fingerprint density at radius 1 is 1.14 bits per heavy atom. The third-order valence-electron chi connectivity index (χ3n) is 4.87. The molecule has 0 atom stereocenters. The van der Waals surface area contributed by atoms with E-state index in [1.165, 1.54) is 0 Å². The zero-order valence-corrected chi connectivity index (χ0v) is 20.7. The Kier molecular flexibility index (Phi) is 9.95. The summed E-state index contributed by atoms with van der Waals surface area (Å²) in [4.78, 5) is 20.8. The van der Waals surface area contributed by atoms with Crippen molar-refractivity contribution < 1.29 is 13.2 Å². The molecule has 1 saturated heterocycles. The molecular formula is C18H36IN5O3S. The molecule has 2 aliphatic rings. The highest BCUT2D eigenvalue weighted by molar-refractivity contribution is 14.0. The standard InChI is InChI=1S/C18H35N5O3S.HI/c1-5-19-17(20-8-13-27(25,26)18(2,3)4)23-11-9-22(10-12-23)14-16(24)21-15-6-7-15;/h15H,5-14H2,1-4H3,(H,19,20)(H,21,24);1H. The Hall–Kier alpha value is -0.620. The molecule has 2 rings (SSSR count). The average molecular weight is 529 g/mol. The van der Waals surface area contributed by atoms with E-state index in [0.29, 0.717) is 12.6 Å². The Morgan fingerprint density at radius 3 is 2.25 bits per heavy atom. The van der Waals surface area contributed by atoms with E-state index in [4.69, 9.17) is 0 Å². The van der Waals surface area contributed by atoms with E-state index < -0.39 is 14.6 Å². The van der Waals surface area contributed by atoms with Crippen LogP contribution in [0.4, 0.5) is 0 Å². The molecule has 0 radical (unpaired) electrons. The number of hydrogen-bond acceptors (Lipinski definition) is 5. The fourth-order valence-corrected chi connectivity index (χ4v) is 3.77. The van der Waals surface area contributed by atoms with Crippen molar-refractivity contribution in [1.29, 1.82) is 0 Å². The Bertz CT molecular complexity index is 636. The van der Waals surface area contributed by atoms with Gasteiger partial charge in [0.05, 0.1) is 23.6 Å². The van der Waals surface area contributed by atoms with Gasteiger partial charge in [-0.25, -0.2) is 8.42 Å². The van der Waals surface area contributed by atoms with Gasteiger partial charge in [0.25, 0.3) is 0 Å². The Labute approximate surface area is 186 Å². The van der Waals surface area contributed by atoms with Crippen molar-refractivity contribution in [1.82, 2.24) is 20.4 Å². The van der Waals surface area contributed by atoms with Gasteiger partial charge in [-0.3, -0.25) is 14.7 Å². The number of carbonyl (C=O) groups is 1. The van der Waals surface area contributed by atoms with Crippen molar-refractivity contribution in [2.75, 3.05) is 51.6 Å². The number of rotatable bonds is 7. The molecule has 0 bridgehead atoms. The first-order valence-electron chi connectivity index (χ1n) is 9.89. The van der Waals surface area contributed by atoms with Gasteiger partial charge in [0.1, 0.15) is 0 Å². The van der Waals surface area contributed by atoms with Gasteiger partial charge >= 0.3 is 0 Å². The zero-order valence-electron chi connectivity index (χ0n) is 17.5. The fourth-order valence-electron chi connectivity index (χ4n) is 2.83. The molecule has 1 aliphatic heterocycles. The maximum absolute atomic E-state index is 12.2. The molecule has 1 amide bonds. The van der Waals surface area contributed by atoms with Crippen molar-refractivity contribution >= 4 is 45.7 Å². The summed E-state index contributed by atoms with van der Waals surface area (Å²) in [6.07, 6.45) is 2.21. The highest BCUT2D eigenvalue weighted by Crippen LogP contribution is 2.18. The van der Waals surface area contributed by atoms with Crippen LogP contribution in [0.3, 0.4) is 0 Å². The van der Waals surface area contributed by atoms with E-state index in [1.54, 1.807) is 20.8 Å². The summed E-state index contributed by atoms with van der Waals surface area (Å²) < 4.78 is 23.7. The molecule has 0 aromatic heterocycles. The van der Waals surface area contributed by atoms with Crippen LogP contribution in [0.25, 0.3) is 0 Å². The lowest BCUT2D eigenvalue weighted by Crippen LogP contribution is -2.54. The summed E-state index contributed by atoms with van der Waals surface area (Å²) in [5.41, 5.74) is 0. The van der Waals surface area contributed by atoms with Gasteiger partial charge in [-0.05, 0) is 40.5 Å². The lowest BCUT2D eigenvalue weighted by atomic mass is 10.3. The van der Waals surface area contributed by atoms with Crippen LogP contribution in [-0.2, 0) is 14.6 Å². The molecule has 8 nitrogen and oxygen atoms in total. The normalized spacial score (nSPS) is 19.1. The second-order valence-electron chi connectivity index (χ2n) is 8.27. The average Bonchev–Trinajstić information content (AvgIpc) is 3.37. The molecule has 0 aromatic rings. The lowest BCUT2D eigenvalue weighted by Gasteiger charge is -2.36. The lowest BCUT2D eigenvalue weighted by molar-refractivity contribution is -0.122. The topological polar surface area (TPSA) is 94.1 Å². The summed E-state index contributed by atoms with van der Waals surface area (Å²) in [6.45, 7) is 11.7. The Morgan fingerprint density at radius 2 is 1.75 bits per heavy atom. The first-order chi connectivity index (χ1) is 12.6. The van der Waals surface area contributed by atoms with Crippen LogP contribution in [0, 0.1) is 0 Å².